The molecular formula is C18H18O4. The molecule has 22 heavy (non-hydrogen) atoms. The van der Waals surface area contributed by atoms with E-state index in [0.717, 1.165) is 5.56 Å². The van der Waals surface area contributed by atoms with E-state index in [0.29, 0.717) is 28.0 Å². The second-order valence-electron chi connectivity index (χ2n) is 5.14. The molecule has 0 aliphatic rings. The molecule has 0 amide bonds. The molecule has 0 aromatic heterocycles. The van der Waals surface area contributed by atoms with E-state index in [4.69, 9.17) is 9.47 Å². The van der Waals surface area contributed by atoms with E-state index in [9.17, 15) is 9.59 Å². The van der Waals surface area contributed by atoms with Crippen molar-refractivity contribution in [1.82, 2.24) is 0 Å². The van der Waals surface area contributed by atoms with Gasteiger partial charge in [0.2, 0.25) is 0 Å². The van der Waals surface area contributed by atoms with E-state index >= 15 is 0 Å². The first-order chi connectivity index (χ1) is 10.4. The number of rotatable bonds is 3. The summed E-state index contributed by atoms with van der Waals surface area (Å²) in [5.74, 6) is -0.348. The Bertz CT molecular complexity index is 709. The Hall–Kier alpha value is -2.62. The van der Waals surface area contributed by atoms with E-state index in [-0.39, 0.29) is 0 Å². The molecule has 4 nitrogen and oxygen atoms in total. The molecule has 2 rings (SSSR count). The van der Waals surface area contributed by atoms with Gasteiger partial charge in [-0.25, -0.2) is 9.59 Å². The molecule has 0 aliphatic heterocycles. The molecule has 114 valence electrons. The minimum absolute atomic E-state index is 0.407. The second-order valence-corrected chi connectivity index (χ2v) is 5.14. The molecule has 0 spiro atoms. The highest BCUT2D eigenvalue weighted by Gasteiger charge is 2.16. The third-order valence-corrected chi connectivity index (χ3v) is 3.44. The number of hydrogen-bond acceptors (Lipinski definition) is 4. The first-order valence-electron chi connectivity index (χ1n) is 6.91. The predicted octanol–water partition coefficient (Wildman–Crippen LogP) is 3.62. The summed E-state index contributed by atoms with van der Waals surface area (Å²) in [6.45, 7) is 5.44. The zero-order valence-electron chi connectivity index (χ0n) is 13.1. The number of carbonyl (C=O) groups excluding carboxylic acids is 2. The number of hydrogen-bond donors (Lipinski definition) is 0. The van der Waals surface area contributed by atoms with Gasteiger partial charge in [-0.1, -0.05) is 18.2 Å². The van der Waals surface area contributed by atoms with Gasteiger partial charge >= 0.3 is 11.9 Å². The van der Waals surface area contributed by atoms with Crippen molar-refractivity contribution in [2.75, 3.05) is 7.11 Å². The largest absolute Gasteiger partial charge is 0.465 e. The number of carbonyl (C=O) groups is 2. The fourth-order valence-electron chi connectivity index (χ4n) is 2.30. The number of esters is 2. The van der Waals surface area contributed by atoms with Crippen LogP contribution in [0, 0.1) is 20.8 Å². The number of benzene rings is 2. The maximum Gasteiger partial charge on any atom is 0.343 e. The van der Waals surface area contributed by atoms with Gasteiger partial charge in [-0.3, -0.25) is 0 Å². The molecule has 0 saturated carbocycles. The predicted molar refractivity (Wildman–Crippen MR) is 83.4 cm³/mol. The first kappa shape index (κ1) is 15.8. The molecule has 0 atom stereocenters. The van der Waals surface area contributed by atoms with Crippen LogP contribution < -0.4 is 4.74 Å². The molecule has 0 radical (unpaired) electrons. The monoisotopic (exact) mass is 298 g/mol. The van der Waals surface area contributed by atoms with E-state index in [1.165, 1.54) is 7.11 Å². The van der Waals surface area contributed by atoms with Crippen LogP contribution in [0.1, 0.15) is 37.4 Å². The van der Waals surface area contributed by atoms with E-state index in [2.05, 4.69) is 0 Å². The molecule has 2 aromatic carbocycles. The SMILES string of the molecule is COC(=O)c1cc(C)c(OC(=O)c2ccccc2C)c(C)c1. The third-order valence-electron chi connectivity index (χ3n) is 3.44. The Morgan fingerprint density at radius 2 is 1.45 bits per heavy atom. The van der Waals surface area contributed by atoms with Crippen molar-refractivity contribution in [1.29, 1.82) is 0 Å². The molecule has 0 aliphatic carbocycles. The van der Waals surface area contributed by atoms with Gasteiger partial charge in [0, 0.05) is 0 Å². The van der Waals surface area contributed by atoms with Gasteiger partial charge in [0.1, 0.15) is 5.75 Å². The van der Waals surface area contributed by atoms with E-state index < -0.39 is 11.9 Å². The van der Waals surface area contributed by atoms with E-state index in [1.54, 1.807) is 38.1 Å². The zero-order chi connectivity index (χ0) is 16.3. The minimum Gasteiger partial charge on any atom is -0.465 e. The van der Waals surface area contributed by atoms with E-state index in [1.807, 2.05) is 19.1 Å². The Morgan fingerprint density at radius 3 is 2.00 bits per heavy atom. The fraction of sp³-hybridized carbons (Fsp3) is 0.222. The van der Waals surface area contributed by atoms with Crippen LogP contribution >= 0.6 is 0 Å². The second kappa shape index (κ2) is 6.43. The third kappa shape index (κ3) is 3.17. The van der Waals surface area contributed by atoms with Crippen molar-refractivity contribution >= 4 is 11.9 Å². The van der Waals surface area contributed by atoms with Gasteiger partial charge in [-0.2, -0.15) is 0 Å². The molecular weight excluding hydrogens is 280 g/mol. The van der Waals surface area contributed by atoms with Gasteiger partial charge in [0.15, 0.2) is 0 Å². The maximum atomic E-state index is 12.3. The summed E-state index contributed by atoms with van der Waals surface area (Å²) in [7, 11) is 1.33. The van der Waals surface area contributed by atoms with Crippen LogP contribution in [0.2, 0.25) is 0 Å². The summed E-state index contributed by atoms with van der Waals surface area (Å²) in [5, 5.41) is 0. The molecule has 0 N–H and O–H groups in total. The average Bonchev–Trinajstić information content (AvgIpc) is 2.50. The molecule has 0 bridgehead atoms. The highest BCUT2D eigenvalue weighted by molar-refractivity contribution is 5.93. The summed E-state index contributed by atoms with van der Waals surface area (Å²) in [5.41, 5.74) is 3.24. The lowest BCUT2D eigenvalue weighted by Crippen LogP contribution is -2.12. The van der Waals surface area contributed by atoms with Crippen molar-refractivity contribution in [3.8, 4) is 5.75 Å². The normalized spacial score (nSPS) is 10.2. The highest BCUT2D eigenvalue weighted by Crippen LogP contribution is 2.26. The van der Waals surface area contributed by atoms with Crippen LogP contribution in [-0.2, 0) is 4.74 Å². The number of ether oxygens (including phenoxy) is 2. The maximum absolute atomic E-state index is 12.3. The van der Waals surface area contributed by atoms with Gasteiger partial charge < -0.3 is 9.47 Å². The van der Waals surface area contributed by atoms with Gasteiger partial charge in [0.25, 0.3) is 0 Å². The summed E-state index contributed by atoms with van der Waals surface area (Å²) in [6.07, 6.45) is 0. The minimum atomic E-state index is -0.414. The van der Waals surface area contributed by atoms with Gasteiger partial charge in [-0.05, 0) is 55.7 Å². The van der Waals surface area contributed by atoms with Crippen LogP contribution in [0.5, 0.6) is 5.75 Å². The van der Waals surface area contributed by atoms with Crippen LogP contribution in [0.15, 0.2) is 36.4 Å². The zero-order valence-corrected chi connectivity index (χ0v) is 13.1. The average molecular weight is 298 g/mol. The highest BCUT2D eigenvalue weighted by atomic mass is 16.5. The summed E-state index contributed by atoms with van der Waals surface area (Å²) >= 11 is 0. The van der Waals surface area contributed by atoms with Crippen molar-refractivity contribution in [3.05, 3.63) is 64.2 Å². The molecule has 0 fully saturated rings. The van der Waals surface area contributed by atoms with Crippen LogP contribution in [0.3, 0.4) is 0 Å². The summed E-state index contributed by atoms with van der Waals surface area (Å²) in [6, 6.07) is 10.6. The van der Waals surface area contributed by atoms with Gasteiger partial charge in [0.05, 0.1) is 18.2 Å². The smallest absolute Gasteiger partial charge is 0.343 e. The topological polar surface area (TPSA) is 52.6 Å². The van der Waals surface area contributed by atoms with Crippen LogP contribution in [0.25, 0.3) is 0 Å². The molecule has 0 heterocycles. The van der Waals surface area contributed by atoms with Crippen molar-refractivity contribution in [3.63, 3.8) is 0 Å². The standard InChI is InChI=1S/C18H18O4/c1-11-7-5-6-8-15(11)18(20)22-16-12(2)9-14(10-13(16)3)17(19)21-4/h5-10H,1-4H3. The summed E-state index contributed by atoms with van der Waals surface area (Å²) in [4.78, 5) is 23.9. The Kier molecular flexibility index (Phi) is 4.61. The van der Waals surface area contributed by atoms with Gasteiger partial charge in [-0.15, -0.1) is 0 Å². The lowest BCUT2D eigenvalue weighted by atomic mass is 10.1. The lowest BCUT2D eigenvalue weighted by Gasteiger charge is -2.13. The number of aryl methyl sites for hydroxylation is 3. The molecule has 2 aromatic rings. The Morgan fingerprint density at radius 1 is 0.864 bits per heavy atom. The Labute approximate surface area is 129 Å². The number of methoxy groups -OCH3 is 1. The van der Waals surface area contributed by atoms with Crippen molar-refractivity contribution < 1.29 is 19.1 Å². The van der Waals surface area contributed by atoms with Crippen LogP contribution in [-0.4, -0.2) is 19.0 Å². The Balaban J connectivity index is 2.33. The van der Waals surface area contributed by atoms with Crippen molar-refractivity contribution in [2.24, 2.45) is 0 Å². The first-order valence-corrected chi connectivity index (χ1v) is 6.91. The lowest BCUT2D eigenvalue weighted by molar-refractivity contribution is 0.0600. The molecule has 0 saturated heterocycles. The van der Waals surface area contributed by atoms with Crippen LogP contribution in [0.4, 0.5) is 0 Å². The summed E-state index contributed by atoms with van der Waals surface area (Å²) < 4.78 is 10.2. The molecule has 4 heteroatoms. The fourth-order valence-corrected chi connectivity index (χ4v) is 2.30. The molecule has 0 unspecified atom stereocenters. The quantitative estimate of drug-likeness (QED) is 0.641. The van der Waals surface area contributed by atoms with Crippen molar-refractivity contribution in [2.45, 2.75) is 20.8 Å².